The Morgan fingerprint density at radius 2 is 1.91 bits per heavy atom. The lowest BCUT2D eigenvalue weighted by Gasteiger charge is -2.09. The van der Waals surface area contributed by atoms with E-state index in [9.17, 15) is 8.78 Å². The van der Waals surface area contributed by atoms with Crippen LogP contribution in [0.3, 0.4) is 0 Å². The Bertz CT molecular complexity index is 227. The first-order valence-electron chi connectivity index (χ1n) is 2.93. The Kier molecular flexibility index (Phi) is 2.09. The molecular weight excluding hydrogens is 154 g/mol. The number of aliphatic hydroxyl groups is 1. The van der Waals surface area contributed by atoms with Gasteiger partial charge in [-0.2, -0.15) is 8.78 Å². The molecule has 1 aromatic heterocycles. The molecule has 0 saturated heterocycles. The monoisotopic (exact) mass is 160 g/mol. The van der Waals surface area contributed by atoms with Gasteiger partial charge in [0.25, 0.3) is 0 Å². The zero-order chi connectivity index (χ0) is 8.32. The number of alkyl halides is 2. The van der Waals surface area contributed by atoms with Crippen molar-refractivity contribution < 1.29 is 13.9 Å². The maximum Gasteiger partial charge on any atom is 0.328 e. The summed E-state index contributed by atoms with van der Waals surface area (Å²) in [4.78, 5) is 6.60. The second-order valence-corrected chi connectivity index (χ2v) is 1.93. The molecule has 0 aromatic carbocycles. The first-order chi connectivity index (χ1) is 5.17. The molecule has 0 saturated carbocycles. The van der Waals surface area contributed by atoms with Gasteiger partial charge >= 0.3 is 5.92 Å². The van der Waals surface area contributed by atoms with Crippen molar-refractivity contribution in [3.63, 3.8) is 0 Å². The zero-order valence-electron chi connectivity index (χ0n) is 5.54. The number of rotatable bonds is 2. The standard InChI is InChI=1S/C6H6F2N2O/c7-6(8,4-11)5-9-2-1-3-10-5/h1-3,11H,4H2. The van der Waals surface area contributed by atoms with Crippen molar-refractivity contribution in [1.82, 2.24) is 9.97 Å². The fourth-order valence-electron chi connectivity index (χ4n) is 0.559. The molecule has 0 aliphatic heterocycles. The Morgan fingerprint density at radius 3 is 2.36 bits per heavy atom. The Morgan fingerprint density at radius 1 is 1.36 bits per heavy atom. The van der Waals surface area contributed by atoms with Crippen molar-refractivity contribution in [3.05, 3.63) is 24.3 Å². The molecule has 0 aliphatic rings. The lowest BCUT2D eigenvalue weighted by Crippen LogP contribution is -2.21. The molecule has 3 nitrogen and oxygen atoms in total. The Balaban J connectivity index is 2.93. The van der Waals surface area contributed by atoms with E-state index in [-0.39, 0.29) is 0 Å². The van der Waals surface area contributed by atoms with E-state index in [4.69, 9.17) is 5.11 Å². The largest absolute Gasteiger partial charge is 0.390 e. The van der Waals surface area contributed by atoms with E-state index >= 15 is 0 Å². The van der Waals surface area contributed by atoms with Crippen LogP contribution < -0.4 is 0 Å². The van der Waals surface area contributed by atoms with Crippen LogP contribution in [0.25, 0.3) is 0 Å². The summed E-state index contributed by atoms with van der Waals surface area (Å²) in [5.74, 6) is -3.98. The van der Waals surface area contributed by atoms with E-state index in [1.54, 1.807) is 0 Å². The third kappa shape index (κ3) is 1.68. The van der Waals surface area contributed by atoms with Crippen molar-refractivity contribution in [2.75, 3.05) is 6.61 Å². The van der Waals surface area contributed by atoms with Crippen LogP contribution in [0.2, 0.25) is 0 Å². The molecule has 0 aliphatic carbocycles. The molecule has 0 unspecified atom stereocenters. The molecule has 0 fully saturated rings. The molecule has 60 valence electrons. The van der Waals surface area contributed by atoms with Gasteiger partial charge < -0.3 is 5.11 Å². The summed E-state index contributed by atoms with van der Waals surface area (Å²) in [6.45, 7) is -1.27. The lowest BCUT2D eigenvalue weighted by molar-refractivity contribution is -0.0631. The minimum Gasteiger partial charge on any atom is -0.390 e. The predicted molar refractivity (Wildman–Crippen MR) is 33.0 cm³/mol. The maximum absolute atomic E-state index is 12.5. The minimum absolute atomic E-state index is 0.650. The van der Waals surface area contributed by atoms with Crippen LogP contribution in [0.1, 0.15) is 5.82 Å². The van der Waals surface area contributed by atoms with Crippen LogP contribution >= 0.6 is 0 Å². The molecule has 0 bridgehead atoms. The molecule has 1 heterocycles. The van der Waals surface area contributed by atoms with Gasteiger partial charge in [-0.25, -0.2) is 9.97 Å². The molecule has 11 heavy (non-hydrogen) atoms. The van der Waals surface area contributed by atoms with Crippen LogP contribution in [0, 0.1) is 0 Å². The van der Waals surface area contributed by atoms with Crippen LogP contribution in [-0.2, 0) is 5.92 Å². The van der Waals surface area contributed by atoms with E-state index in [1.807, 2.05) is 0 Å². The first kappa shape index (κ1) is 8.00. The summed E-state index contributed by atoms with van der Waals surface area (Å²) in [5.41, 5.74) is 0. The second-order valence-electron chi connectivity index (χ2n) is 1.93. The van der Waals surface area contributed by atoms with Crippen molar-refractivity contribution in [1.29, 1.82) is 0 Å². The third-order valence-corrected chi connectivity index (χ3v) is 1.09. The fraction of sp³-hybridized carbons (Fsp3) is 0.333. The van der Waals surface area contributed by atoms with Gasteiger partial charge in [-0.05, 0) is 6.07 Å². The van der Waals surface area contributed by atoms with Crippen molar-refractivity contribution in [3.8, 4) is 0 Å². The fourth-order valence-corrected chi connectivity index (χ4v) is 0.559. The molecular formula is C6H6F2N2O. The number of aromatic nitrogens is 2. The summed E-state index contributed by atoms with van der Waals surface area (Å²) in [5, 5.41) is 8.22. The molecule has 1 N–H and O–H groups in total. The minimum atomic E-state index is -3.33. The van der Waals surface area contributed by atoms with Crippen LogP contribution in [0.5, 0.6) is 0 Å². The average Bonchev–Trinajstić information content (AvgIpc) is 2.06. The van der Waals surface area contributed by atoms with Crippen LogP contribution in [0.15, 0.2) is 18.5 Å². The second kappa shape index (κ2) is 2.87. The first-order valence-corrected chi connectivity index (χ1v) is 2.93. The number of hydrogen-bond acceptors (Lipinski definition) is 3. The molecule has 1 rings (SSSR count). The van der Waals surface area contributed by atoms with E-state index in [2.05, 4.69) is 9.97 Å². The molecule has 0 spiro atoms. The third-order valence-electron chi connectivity index (χ3n) is 1.09. The summed E-state index contributed by atoms with van der Waals surface area (Å²) in [6.07, 6.45) is 2.40. The number of aliphatic hydroxyl groups excluding tert-OH is 1. The molecule has 5 heteroatoms. The highest BCUT2D eigenvalue weighted by molar-refractivity contribution is 4.96. The summed E-state index contributed by atoms with van der Waals surface area (Å²) >= 11 is 0. The number of nitrogens with zero attached hydrogens (tertiary/aromatic N) is 2. The topological polar surface area (TPSA) is 46.0 Å². The number of hydrogen-bond donors (Lipinski definition) is 1. The van der Waals surface area contributed by atoms with E-state index < -0.39 is 18.4 Å². The van der Waals surface area contributed by atoms with Gasteiger partial charge in [-0.15, -0.1) is 0 Å². The number of halogens is 2. The van der Waals surface area contributed by atoms with Gasteiger partial charge in [0.05, 0.1) is 0 Å². The predicted octanol–water partition coefficient (Wildman–Crippen LogP) is 0.561. The van der Waals surface area contributed by atoms with Crippen LogP contribution in [0.4, 0.5) is 8.78 Å². The highest BCUT2D eigenvalue weighted by Crippen LogP contribution is 2.22. The smallest absolute Gasteiger partial charge is 0.328 e. The highest BCUT2D eigenvalue weighted by Gasteiger charge is 2.33. The SMILES string of the molecule is OCC(F)(F)c1ncccn1. The van der Waals surface area contributed by atoms with Crippen molar-refractivity contribution >= 4 is 0 Å². The van der Waals surface area contributed by atoms with E-state index in [1.165, 1.54) is 18.5 Å². The Labute approximate surface area is 61.7 Å². The van der Waals surface area contributed by atoms with Gasteiger partial charge in [0, 0.05) is 12.4 Å². The van der Waals surface area contributed by atoms with Crippen molar-refractivity contribution in [2.24, 2.45) is 0 Å². The summed E-state index contributed by atoms with van der Waals surface area (Å²) in [7, 11) is 0. The van der Waals surface area contributed by atoms with Crippen LogP contribution in [-0.4, -0.2) is 21.7 Å². The maximum atomic E-state index is 12.5. The van der Waals surface area contributed by atoms with E-state index in [0.717, 1.165) is 0 Å². The van der Waals surface area contributed by atoms with E-state index in [0.29, 0.717) is 0 Å². The quantitative estimate of drug-likeness (QED) is 0.687. The normalized spacial score (nSPS) is 11.5. The Hall–Kier alpha value is -1.10. The average molecular weight is 160 g/mol. The molecule has 0 amide bonds. The highest BCUT2D eigenvalue weighted by atomic mass is 19.3. The molecule has 1 aromatic rings. The van der Waals surface area contributed by atoms with Gasteiger partial charge in [-0.1, -0.05) is 0 Å². The summed E-state index contributed by atoms with van der Waals surface area (Å²) < 4.78 is 25.0. The lowest BCUT2D eigenvalue weighted by atomic mass is 10.3. The van der Waals surface area contributed by atoms with Gasteiger partial charge in [-0.3, -0.25) is 0 Å². The molecule has 0 radical (unpaired) electrons. The molecule has 0 atom stereocenters. The van der Waals surface area contributed by atoms with Gasteiger partial charge in [0.15, 0.2) is 0 Å². The van der Waals surface area contributed by atoms with Gasteiger partial charge in [0.2, 0.25) is 5.82 Å². The van der Waals surface area contributed by atoms with Crippen molar-refractivity contribution in [2.45, 2.75) is 5.92 Å². The van der Waals surface area contributed by atoms with Gasteiger partial charge in [0.1, 0.15) is 6.61 Å². The zero-order valence-corrected chi connectivity index (χ0v) is 5.54. The summed E-state index contributed by atoms with van der Waals surface area (Å²) in [6, 6.07) is 1.43.